The lowest BCUT2D eigenvalue weighted by molar-refractivity contribution is -0.141. The summed E-state index contributed by atoms with van der Waals surface area (Å²) in [6.07, 6.45) is 5.67. The quantitative estimate of drug-likeness (QED) is 0.825. The molecule has 1 saturated carbocycles. The van der Waals surface area contributed by atoms with Crippen LogP contribution in [0.4, 0.5) is 0 Å². The SMILES string of the molecule is CC1CCN(C(=O)C2CCC(C(=O)N(C)Cc3ccccc3)CC2)CC1. The third kappa shape index (κ3) is 4.66. The fraction of sp³-hybridized carbons (Fsp3) is 0.636. The highest BCUT2D eigenvalue weighted by atomic mass is 16.2. The maximum atomic E-state index is 12.7. The Labute approximate surface area is 157 Å². The number of carbonyl (C=O) groups excluding carboxylic acids is 2. The van der Waals surface area contributed by atoms with Gasteiger partial charge in [0.05, 0.1) is 0 Å². The summed E-state index contributed by atoms with van der Waals surface area (Å²) in [7, 11) is 1.89. The molecule has 2 aliphatic rings. The predicted molar refractivity (Wildman–Crippen MR) is 103 cm³/mol. The van der Waals surface area contributed by atoms with Crippen LogP contribution in [0, 0.1) is 17.8 Å². The molecule has 0 atom stereocenters. The van der Waals surface area contributed by atoms with E-state index in [1.807, 2.05) is 30.1 Å². The van der Waals surface area contributed by atoms with E-state index in [0.717, 1.165) is 63.1 Å². The van der Waals surface area contributed by atoms with Crippen LogP contribution in [-0.2, 0) is 16.1 Å². The molecular formula is C22H32N2O2. The van der Waals surface area contributed by atoms with Crippen LogP contribution >= 0.6 is 0 Å². The molecule has 26 heavy (non-hydrogen) atoms. The number of carbonyl (C=O) groups is 2. The van der Waals surface area contributed by atoms with Crippen LogP contribution in [0.5, 0.6) is 0 Å². The highest BCUT2D eigenvalue weighted by Crippen LogP contribution is 2.32. The second-order valence-corrected chi connectivity index (χ2v) is 8.24. The first kappa shape index (κ1) is 18.9. The number of benzene rings is 1. The second-order valence-electron chi connectivity index (χ2n) is 8.24. The summed E-state index contributed by atoms with van der Waals surface area (Å²) < 4.78 is 0. The zero-order chi connectivity index (χ0) is 18.5. The van der Waals surface area contributed by atoms with Crippen molar-refractivity contribution in [2.75, 3.05) is 20.1 Å². The molecule has 142 valence electrons. The number of hydrogen-bond acceptors (Lipinski definition) is 2. The molecule has 0 spiro atoms. The first-order valence-electron chi connectivity index (χ1n) is 10.1. The van der Waals surface area contributed by atoms with Crippen molar-refractivity contribution in [2.24, 2.45) is 17.8 Å². The summed E-state index contributed by atoms with van der Waals surface area (Å²) in [5.74, 6) is 1.51. The Morgan fingerprint density at radius 1 is 0.962 bits per heavy atom. The van der Waals surface area contributed by atoms with E-state index in [1.165, 1.54) is 0 Å². The number of amides is 2. The van der Waals surface area contributed by atoms with Crippen LogP contribution in [-0.4, -0.2) is 41.8 Å². The van der Waals surface area contributed by atoms with Crippen molar-refractivity contribution in [2.45, 2.75) is 52.0 Å². The Bertz CT molecular complexity index is 600. The predicted octanol–water partition coefficient (Wildman–Crippen LogP) is 3.71. The van der Waals surface area contributed by atoms with E-state index in [2.05, 4.69) is 24.0 Å². The van der Waals surface area contributed by atoms with Gasteiger partial charge in [-0.15, -0.1) is 0 Å². The van der Waals surface area contributed by atoms with Crippen molar-refractivity contribution >= 4 is 11.8 Å². The number of piperidine rings is 1. The zero-order valence-electron chi connectivity index (χ0n) is 16.2. The Hall–Kier alpha value is -1.84. The second kappa shape index (κ2) is 8.70. The Morgan fingerprint density at radius 3 is 2.15 bits per heavy atom. The van der Waals surface area contributed by atoms with Gasteiger partial charge >= 0.3 is 0 Å². The number of nitrogens with zero attached hydrogens (tertiary/aromatic N) is 2. The van der Waals surface area contributed by atoms with Gasteiger partial charge in [-0.2, -0.15) is 0 Å². The fourth-order valence-corrected chi connectivity index (χ4v) is 4.32. The minimum atomic E-state index is 0.0779. The first-order valence-corrected chi connectivity index (χ1v) is 10.1. The van der Waals surface area contributed by atoms with Crippen LogP contribution in [0.2, 0.25) is 0 Å². The van der Waals surface area contributed by atoms with Gasteiger partial charge in [0.1, 0.15) is 0 Å². The highest BCUT2D eigenvalue weighted by molar-refractivity contribution is 5.81. The van der Waals surface area contributed by atoms with E-state index in [0.29, 0.717) is 12.5 Å². The van der Waals surface area contributed by atoms with Crippen LogP contribution in [0.15, 0.2) is 30.3 Å². The monoisotopic (exact) mass is 356 g/mol. The minimum absolute atomic E-state index is 0.0779. The number of rotatable bonds is 4. The molecule has 0 radical (unpaired) electrons. The van der Waals surface area contributed by atoms with Crippen molar-refractivity contribution in [3.05, 3.63) is 35.9 Å². The fourth-order valence-electron chi connectivity index (χ4n) is 4.32. The molecule has 1 heterocycles. The molecule has 4 heteroatoms. The summed E-state index contributed by atoms with van der Waals surface area (Å²) in [6, 6.07) is 10.1. The largest absolute Gasteiger partial charge is 0.342 e. The van der Waals surface area contributed by atoms with Gasteiger partial charge in [-0.3, -0.25) is 9.59 Å². The number of hydrogen-bond donors (Lipinski definition) is 0. The van der Waals surface area contributed by atoms with Gasteiger partial charge in [0.15, 0.2) is 0 Å². The Morgan fingerprint density at radius 2 is 1.54 bits per heavy atom. The highest BCUT2D eigenvalue weighted by Gasteiger charge is 2.33. The van der Waals surface area contributed by atoms with Gasteiger partial charge in [-0.05, 0) is 50.0 Å². The molecule has 1 aromatic carbocycles. The molecule has 1 saturated heterocycles. The van der Waals surface area contributed by atoms with E-state index in [9.17, 15) is 9.59 Å². The summed E-state index contributed by atoms with van der Waals surface area (Å²) >= 11 is 0. The molecule has 4 nitrogen and oxygen atoms in total. The smallest absolute Gasteiger partial charge is 0.225 e. The van der Waals surface area contributed by atoms with E-state index < -0.39 is 0 Å². The van der Waals surface area contributed by atoms with Gasteiger partial charge in [-0.1, -0.05) is 37.3 Å². The third-order valence-corrected chi connectivity index (χ3v) is 6.16. The van der Waals surface area contributed by atoms with Crippen molar-refractivity contribution in [1.29, 1.82) is 0 Å². The third-order valence-electron chi connectivity index (χ3n) is 6.16. The summed E-state index contributed by atoms with van der Waals surface area (Å²) in [6.45, 7) is 4.76. The van der Waals surface area contributed by atoms with Crippen LogP contribution < -0.4 is 0 Å². The maximum Gasteiger partial charge on any atom is 0.225 e. The van der Waals surface area contributed by atoms with Crippen LogP contribution in [0.25, 0.3) is 0 Å². The molecular weight excluding hydrogens is 324 g/mol. The van der Waals surface area contributed by atoms with E-state index in [1.54, 1.807) is 0 Å². The molecule has 0 bridgehead atoms. The normalized spacial score (nSPS) is 24.3. The molecule has 0 unspecified atom stereocenters. The topological polar surface area (TPSA) is 40.6 Å². The van der Waals surface area contributed by atoms with Gasteiger partial charge in [0.2, 0.25) is 11.8 Å². The van der Waals surface area contributed by atoms with Crippen molar-refractivity contribution in [1.82, 2.24) is 9.80 Å². The average Bonchev–Trinajstić information content (AvgIpc) is 2.68. The van der Waals surface area contributed by atoms with Crippen molar-refractivity contribution in [3.8, 4) is 0 Å². The molecule has 0 aromatic heterocycles. The zero-order valence-corrected chi connectivity index (χ0v) is 16.2. The standard InChI is InChI=1S/C22H32N2O2/c1-17-12-14-24(15-13-17)22(26)20-10-8-19(9-11-20)21(25)23(2)16-18-6-4-3-5-7-18/h3-7,17,19-20H,8-16H2,1-2H3. The lowest BCUT2D eigenvalue weighted by Gasteiger charge is -2.36. The summed E-state index contributed by atoms with van der Waals surface area (Å²) in [5, 5.41) is 0. The van der Waals surface area contributed by atoms with Gasteiger partial charge in [0, 0.05) is 38.5 Å². The van der Waals surface area contributed by atoms with Crippen LogP contribution in [0.1, 0.15) is 51.0 Å². The Kier molecular flexibility index (Phi) is 6.33. The molecule has 2 amide bonds. The van der Waals surface area contributed by atoms with Gasteiger partial charge in [-0.25, -0.2) is 0 Å². The first-order chi connectivity index (χ1) is 12.5. The maximum absolute atomic E-state index is 12.7. The van der Waals surface area contributed by atoms with E-state index in [-0.39, 0.29) is 17.7 Å². The number of likely N-dealkylation sites (tertiary alicyclic amines) is 1. The molecule has 3 rings (SSSR count). The van der Waals surface area contributed by atoms with E-state index >= 15 is 0 Å². The van der Waals surface area contributed by atoms with Gasteiger partial charge in [0.25, 0.3) is 0 Å². The minimum Gasteiger partial charge on any atom is -0.342 e. The van der Waals surface area contributed by atoms with Crippen molar-refractivity contribution in [3.63, 3.8) is 0 Å². The lowest BCUT2D eigenvalue weighted by atomic mass is 9.80. The molecule has 2 fully saturated rings. The Balaban J connectivity index is 1.47. The summed E-state index contributed by atoms with van der Waals surface area (Å²) in [4.78, 5) is 29.4. The average molecular weight is 357 g/mol. The van der Waals surface area contributed by atoms with Crippen molar-refractivity contribution < 1.29 is 9.59 Å². The summed E-state index contributed by atoms with van der Waals surface area (Å²) in [5.41, 5.74) is 1.16. The lowest BCUT2D eigenvalue weighted by Crippen LogP contribution is -2.43. The van der Waals surface area contributed by atoms with Gasteiger partial charge < -0.3 is 9.80 Å². The molecule has 0 N–H and O–H groups in total. The molecule has 1 aliphatic carbocycles. The molecule has 1 aromatic rings. The van der Waals surface area contributed by atoms with Crippen LogP contribution in [0.3, 0.4) is 0 Å². The van der Waals surface area contributed by atoms with E-state index in [4.69, 9.17) is 0 Å². The molecule has 1 aliphatic heterocycles.